The second-order valence-corrected chi connectivity index (χ2v) is 6.89. The van der Waals surface area contributed by atoms with Gasteiger partial charge in [-0.25, -0.2) is 0 Å². The maximum Gasteiger partial charge on any atom is 0.242 e. The smallest absolute Gasteiger partial charge is 0.242 e. The molecule has 1 amide bonds. The summed E-state index contributed by atoms with van der Waals surface area (Å²) in [5, 5.41) is 10.2. The molecule has 3 unspecified atom stereocenters. The van der Waals surface area contributed by atoms with Crippen molar-refractivity contribution in [1.82, 2.24) is 4.90 Å². The van der Waals surface area contributed by atoms with Gasteiger partial charge in [-0.1, -0.05) is 13.3 Å². The Hall–Kier alpha value is -0.650. The molecule has 21 heavy (non-hydrogen) atoms. The molecule has 2 fully saturated rings. The number of rotatable bonds is 5. The van der Waals surface area contributed by atoms with Crippen molar-refractivity contribution in [1.29, 1.82) is 0 Å². The van der Waals surface area contributed by atoms with Crippen molar-refractivity contribution in [3.63, 3.8) is 0 Å². The van der Waals surface area contributed by atoms with E-state index < -0.39 is 5.54 Å². The number of hydrogen-bond acceptors (Lipinski definition) is 4. The summed E-state index contributed by atoms with van der Waals surface area (Å²) < 4.78 is 5.75. The van der Waals surface area contributed by atoms with Crippen LogP contribution in [-0.2, 0) is 9.53 Å². The van der Waals surface area contributed by atoms with Crippen molar-refractivity contribution in [2.75, 3.05) is 19.7 Å². The Labute approximate surface area is 127 Å². The van der Waals surface area contributed by atoms with Gasteiger partial charge in [0, 0.05) is 31.5 Å². The Balaban J connectivity index is 1.95. The number of nitrogens with zero attached hydrogens (tertiary/aromatic N) is 1. The zero-order valence-electron chi connectivity index (χ0n) is 13.6. The molecule has 1 saturated carbocycles. The van der Waals surface area contributed by atoms with Gasteiger partial charge in [-0.2, -0.15) is 0 Å². The van der Waals surface area contributed by atoms with E-state index in [-0.39, 0.29) is 23.5 Å². The van der Waals surface area contributed by atoms with Crippen LogP contribution in [0.4, 0.5) is 0 Å². The Kier molecular flexibility index (Phi) is 4.96. The molecule has 0 radical (unpaired) electrons. The van der Waals surface area contributed by atoms with E-state index in [1.807, 2.05) is 25.7 Å². The molecule has 0 aromatic rings. The molecule has 3 atom stereocenters. The summed E-state index contributed by atoms with van der Waals surface area (Å²) in [5.74, 6) is 0.0426. The van der Waals surface area contributed by atoms with E-state index in [2.05, 4.69) is 0 Å². The molecule has 0 aromatic heterocycles. The van der Waals surface area contributed by atoms with Crippen LogP contribution in [0.2, 0.25) is 0 Å². The molecule has 2 rings (SSSR count). The lowest BCUT2D eigenvalue weighted by Gasteiger charge is -2.57. The number of amides is 1. The topological polar surface area (TPSA) is 75.8 Å². The van der Waals surface area contributed by atoms with Crippen molar-refractivity contribution in [3.05, 3.63) is 0 Å². The number of aliphatic hydroxyl groups excluding tert-OH is 1. The first kappa shape index (κ1) is 16.7. The molecule has 1 aliphatic heterocycles. The molecule has 5 nitrogen and oxygen atoms in total. The molecule has 0 bridgehead atoms. The van der Waals surface area contributed by atoms with Crippen LogP contribution in [0.1, 0.15) is 52.9 Å². The molecule has 1 aliphatic carbocycles. The minimum atomic E-state index is -0.767. The molecule has 1 spiro atoms. The van der Waals surface area contributed by atoms with E-state index in [0.29, 0.717) is 26.1 Å². The van der Waals surface area contributed by atoms with Crippen LogP contribution >= 0.6 is 0 Å². The first-order chi connectivity index (χ1) is 9.87. The zero-order chi connectivity index (χ0) is 15.7. The third-order valence-corrected chi connectivity index (χ3v) is 5.35. The first-order valence-electron chi connectivity index (χ1n) is 8.25. The Morgan fingerprint density at radius 3 is 2.52 bits per heavy atom. The summed E-state index contributed by atoms with van der Waals surface area (Å²) in [5.41, 5.74) is 5.25. The van der Waals surface area contributed by atoms with Crippen molar-refractivity contribution in [2.24, 2.45) is 11.1 Å². The highest BCUT2D eigenvalue weighted by atomic mass is 16.5. The lowest BCUT2D eigenvalue weighted by Crippen LogP contribution is -2.64. The van der Waals surface area contributed by atoms with Gasteiger partial charge in [0.2, 0.25) is 5.91 Å². The highest BCUT2D eigenvalue weighted by Crippen LogP contribution is 2.51. The summed E-state index contributed by atoms with van der Waals surface area (Å²) in [6.07, 6.45) is 3.83. The lowest BCUT2D eigenvalue weighted by atomic mass is 9.58. The van der Waals surface area contributed by atoms with Crippen LogP contribution in [0.15, 0.2) is 0 Å². The van der Waals surface area contributed by atoms with Gasteiger partial charge in [-0.05, 0) is 33.1 Å². The molecular weight excluding hydrogens is 268 g/mol. The fraction of sp³-hybridized carbons (Fsp3) is 0.938. The van der Waals surface area contributed by atoms with E-state index in [1.54, 1.807) is 0 Å². The largest absolute Gasteiger partial charge is 0.392 e. The van der Waals surface area contributed by atoms with E-state index in [9.17, 15) is 9.90 Å². The summed E-state index contributed by atoms with van der Waals surface area (Å²) in [6.45, 7) is 7.89. The summed E-state index contributed by atoms with van der Waals surface area (Å²) in [7, 11) is 0. The SMILES string of the molecule is CCCC(C)(N)C(=O)N1CCC2(CC1)C(O)CC2OCC. The van der Waals surface area contributed by atoms with Gasteiger partial charge in [0.15, 0.2) is 0 Å². The number of piperidine rings is 1. The number of likely N-dealkylation sites (tertiary alicyclic amines) is 1. The molecule has 3 N–H and O–H groups in total. The number of nitrogens with two attached hydrogens (primary N) is 1. The molecule has 122 valence electrons. The fourth-order valence-corrected chi connectivity index (χ4v) is 3.93. The number of carbonyl (C=O) groups is 1. The van der Waals surface area contributed by atoms with Gasteiger partial charge in [0.25, 0.3) is 0 Å². The monoisotopic (exact) mass is 298 g/mol. The zero-order valence-corrected chi connectivity index (χ0v) is 13.6. The summed E-state index contributed by atoms with van der Waals surface area (Å²) in [6, 6.07) is 0. The van der Waals surface area contributed by atoms with Gasteiger partial charge in [-0.15, -0.1) is 0 Å². The minimum absolute atomic E-state index is 0.0426. The average molecular weight is 298 g/mol. The summed E-state index contributed by atoms with van der Waals surface area (Å²) >= 11 is 0. The van der Waals surface area contributed by atoms with Crippen LogP contribution in [0.5, 0.6) is 0 Å². The Morgan fingerprint density at radius 2 is 2.05 bits per heavy atom. The number of aliphatic hydroxyl groups is 1. The lowest BCUT2D eigenvalue weighted by molar-refractivity contribution is -0.210. The quantitative estimate of drug-likeness (QED) is 0.802. The third kappa shape index (κ3) is 2.96. The molecule has 1 heterocycles. The van der Waals surface area contributed by atoms with Crippen LogP contribution in [-0.4, -0.2) is 53.4 Å². The van der Waals surface area contributed by atoms with E-state index >= 15 is 0 Å². The summed E-state index contributed by atoms with van der Waals surface area (Å²) in [4.78, 5) is 14.4. The van der Waals surface area contributed by atoms with Crippen molar-refractivity contribution in [2.45, 2.75) is 70.6 Å². The second-order valence-electron chi connectivity index (χ2n) is 6.89. The number of hydrogen-bond donors (Lipinski definition) is 2. The van der Waals surface area contributed by atoms with Gasteiger partial charge in [-0.3, -0.25) is 4.79 Å². The van der Waals surface area contributed by atoms with Crippen LogP contribution in [0.25, 0.3) is 0 Å². The third-order valence-electron chi connectivity index (χ3n) is 5.35. The van der Waals surface area contributed by atoms with Crippen LogP contribution in [0, 0.1) is 5.41 Å². The second kappa shape index (κ2) is 6.23. The highest BCUT2D eigenvalue weighted by Gasteiger charge is 2.56. The Bertz CT molecular complexity index is 374. The van der Waals surface area contributed by atoms with Gasteiger partial charge in [0.05, 0.1) is 17.7 Å². The van der Waals surface area contributed by atoms with Gasteiger partial charge >= 0.3 is 0 Å². The van der Waals surface area contributed by atoms with Crippen LogP contribution < -0.4 is 5.73 Å². The Morgan fingerprint density at radius 1 is 1.43 bits per heavy atom. The molecular formula is C16H30N2O3. The standard InChI is InChI=1S/C16H30N2O3/c1-4-6-15(3,17)14(20)18-9-7-16(8-10-18)12(19)11-13(16)21-5-2/h12-13,19H,4-11,17H2,1-3H3. The molecule has 1 saturated heterocycles. The minimum Gasteiger partial charge on any atom is -0.392 e. The van der Waals surface area contributed by atoms with E-state index in [0.717, 1.165) is 25.7 Å². The normalized spacial score (nSPS) is 30.8. The number of ether oxygens (including phenoxy) is 1. The fourth-order valence-electron chi connectivity index (χ4n) is 3.93. The van der Waals surface area contributed by atoms with Gasteiger partial charge in [0.1, 0.15) is 0 Å². The molecule has 0 aromatic carbocycles. The highest BCUT2D eigenvalue weighted by molar-refractivity contribution is 5.85. The first-order valence-corrected chi connectivity index (χ1v) is 8.25. The predicted molar refractivity (Wildman–Crippen MR) is 81.8 cm³/mol. The van der Waals surface area contributed by atoms with Crippen molar-refractivity contribution in [3.8, 4) is 0 Å². The maximum absolute atomic E-state index is 12.5. The maximum atomic E-state index is 12.5. The van der Waals surface area contributed by atoms with Gasteiger partial charge < -0.3 is 20.5 Å². The van der Waals surface area contributed by atoms with E-state index in [1.165, 1.54) is 0 Å². The van der Waals surface area contributed by atoms with Crippen LogP contribution in [0.3, 0.4) is 0 Å². The molecule has 5 heteroatoms. The molecule has 2 aliphatic rings. The van der Waals surface area contributed by atoms with Crippen molar-refractivity contribution >= 4 is 5.91 Å². The van der Waals surface area contributed by atoms with Crippen molar-refractivity contribution < 1.29 is 14.6 Å². The average Bonchev–Trinajstić information content (AvgIpc) is 2.46. The number of carbonyl (C=O) groups excluding carboxylic acids is 1. The van der Waals surface area contributed by atoms with E-state index in [4.69, 9.17) is 10.5 Å². The predicted octanol–water partition coefficient (Wildman–Crippen LogP) is 1.28.